The van der Waals surface area contributed by atoms with Crippen molar-refractivity contribution in [3.8, 4) is 0 Å². The van der Waals surface area contributed by atoms with Gasteiger partial charge in [-0.05, 0) is 55.8 Å². The fourth-order valence-electron chi connectivity index (χ4n) is 4.20. The van der Waals surface area contributed by atoms with Crippen LogP contribution in [0.2, 0.25) is 0 Å². The van der Waals surface area contributed by atoms with Gasteiger partial charge in [-0.1, -0.05) is 26.2 Å². The molecule has 1 heteroatoms. The third-order valence-corrected chi connectivity index (χ3v) is 5.77. The molecule has 0 unspecified atom stereocenters. The predicted molar refractivity (Wildman–Crippen MR) is 63.6 cm³/mol. The molecule has 0 atom stereocenters. The topological polar surface area (TPSA) is 26.0 Å². The van der Waals surface area contributed by atoms with Crippen molar-refractivity contribution >= 4 is 0 Å². The SMILES string of the molecule is CCC1CCC(C2(C3(N)CC3)CC2)CC1. The van der Waals surface area contributed by atoms with Gasteiger partial charge in [0.05, 0.1) is 0 Å². The average Bonchev–Trinajstić information content (AvgIpc) is 3.13. The van der Waals surface area contributed by atoms with Crippen LogP contribution in [0.15, 0.2) is 0 Å². The Hall–Kier alpha value is -0.0400. The molecular formula is C14H25N. The van der Waals surface area contributed by atoms with E-state index < -0.39 is 0 Å². The van der Waals surface area contributed by atoms with Gasteiger partial charge in [0, 0.05) is 5.54 Å². The van der Waals surface area contributed by atoms with Crippen molar-refractivity contribution in [2.24, 2.45) is 23.0 Å². The van der Waals surface area contributed by atoms with Gasteiger partial charge >= 0.3 is 0 Å². The van der Waals surface area contributed by atoms with Crippen LogP contribution >= 0.6 is 0 Å². The lowest BCUT2D eigenvalue weighted by atomic mass is 9.70. The van der Waals surface area contributed by atoms with E-state index in [9.17, 15) is 0 Å². The van der Waals surface area contributed by atoms with Gasteiger partial charge in [0.15, 0.2) is 0 Å². The van der Waals surface area contributed by atoms with Crippen LogP contribution in [0.25, 0.3) is 0 Å². The second-order valence-electron chi connectivity index (χ2n) is 6.44. The van der Waals surface area contributed by atoms with Crippen molar-refractivity contribution in [3.63, 3.8) is 0 Å². The van der Waals surface area contributed by atoms with Crippen molar-refractivity contribution in [2.75, 3.05) is 0 Å². The van der Waals surface area contributed by atoms with Gasteiger partial charge in [-0.3, -0.25) is 0 Å². The van der Waals surface area contributed by atoms with Crippen molar-refractivity contribution in [1.29, 1.82) is 0 Å². The molecule has 0 aromatic heterocycles. The van der Waals surface area contributed by atoms with Gasteiger partial charge < -0.3 is 5.73 Å². The summed E-state index contributed by atoms with van der Waals surface area (Å²) < 4.78 is 0. The third-order valence-electron chi connectivity index (χ3n) is 5.77. The van der Waals surface area contributed by atoms with Crippen molar-refractivity contribution in [2.45, 2.75) is 70.3 Å². The average molecular weight is 207 g/mol. The van der Waals surface area contributed by atoms with E-state index >= 15 is 0 Å². The van der Waals surface area contributed by atoms with E-state index in [2.05, 4.69) is 6.92 Å². The summed E-state index contributed by atoms with van der Waals surface area (Å²) in [6, 6.07) is 0. The highest BCUT2D eigenvalue weighted by Gasteiger charge is 2.66. The highest BCUT2D eigenvalue weighted by Crippen LogP contribution is 2.69. The van der Waals surface area contributed by atoms with Crippen LogP contribution in [0.5, 0.6) is 0 Å². The summed E-state index contributed by atoms with van der Waals surface area (Å²) in [5.41, 5.74) is 7.42. The predicted octanol–water partition coefficient (Wildman–Crippen LogP) is 3.47. The molecule has 0 radical (unpaired) electrons. The summed E-state index contributed by atoms with van der Waals surface area (Å²) in [5.74, 6) is 2.03. The standard InChI is InChI=1S/C14H25N/c1-2-11-3-5-12(6-4-11)13(7-8-13)14(15)9-10-14/h11-12H,2-10,15H2,1H3. The monoisotopic (exact) mass is 207 g/mol. The normalized spacial score (nSPS) is 41.2. The van der Waals surface area contributed by atoms with E-state index in [4.69, 9.17) is 5.73 Å². The Morgan fingerprint density at radius 2 is 1.60 bits per heavy atom. The second kappa shape index (κ2) is 3.23. The molecule has 0 aromatic rings. The molecule has 0 heterocycles. The first-order valence-electron chi connectivity index (χ1n) is 6.99. The quantitative estimate of drug-likeness (QED) is 0.753. The van der Waals surface area contributed by atoms with Gasteiger partial charge in [0.1, 0.15) is 0 Å². The van der Waals surface area contributed by atoms with Crippen LogP contribution in [0.4, 0.5) is 0 Å². The van der Waals surface area contributed by atoms with Gasteiger partial charge in [-0.25, -0.2) is 0 Å². The Kier molecular flexibility index (Phi) is 2.18. The molecule has 86 valence electrons. The summed E-state index contributed by atoms with van der Waals surface area (Å²) >= 11 is 0. The number of rotatable bonds is 3. The van der Waals surface area contributed by atoms with Crippen molar-refractivity contribution in [1.82, 2.24) is 0 Å². The molecule has 1 nitrogen and oxygen atoms in total. The lowest BCUT2D eigenvalue weighted by Gasteiger charge is -2.37. The zero-order chi connectivity index (χ0) is 10.5. The Bertz CT molecular complexity index is 242. The van der Waals surface area contributed by atoms with Crippen molar-refractivity contribution < 1.29 is 0 Å². The molecule has 0 bridgehead atoms. The highest BCUT2D eigenvalue weighted by molar-refractivity contribution is 5.21. The maximum atomic E-state index is 6.48. The van der Waals surface area contributed by atoms with Crippen LogP contribution in [0, 0.1) is 17.3 Å². The third kappa shape index (κ3) is 1.46. The fraction of sp³-hybridized carbons (Fsp3) is 1.00. The Morgan fingerprint density at radius 1 is 1.00 bits per heavy atom. The summed E-state index contributed by atoms with van der Waals surface area (Å²) in [7, 11) is 0. The molecule has 3 rings (SSSR count). The van der Waals surface area contributed by atoms with Gasteiger partial charge in [-0.2, -0.15) is 0 Å². The van der Waals surface area contributed by atoms with E-state index in [0.717, 1.165) is 11.8 Å². The van der Waals surface area contributed by atoms with Gasteiger partial charge in [-0.15, -0.1) is 0 Å². The van der Waals surface area contributed by atoms with E-state index in [-0.39, 0.29) is 0 Å². The lowest BCUT2D eigenvalue weighted by molar-refractivity contribution is 0.152. The number of hydrogen-bond acceptors (Lipinski definition) is 1. The lowest BCUT2D eigenvalue weighted by Crippen LogP contribution is -2.40. The minimum Gasteiger partial charge on any atom is -0.325 e. The minimum absolute atomic E-state index is 0.302. The Morgan fingerprint density at radius 3 is 2.00 bits per heavy atom. The molecule has 3 fully saturated rings. The highest BCUT2D eigenvalue weighted by atomic mass is 14.9. The maximum Gasteiger partial charge on any atom is 0.0215 e. The van der Waals surface area contributed by atoms with Gasteiger partial charge in [0.2, 0.25) is 0 Å². The first kappa shape index (κ1) is 10.1. The molecule has 3 aliphatic rings. The Labute approximate surface area is 93.8 Å². The minimum atomic E-state index is 0.302. The van der Waals surface area contributed by atoms with E-state index in [1.807, 2.05) is 0 Å². The molecule has 2 N–H and O–H groups in total. The van der Waals surface area contributed by atoms with Gasteiger partial charge in [0.25, 0.3) is 0 Å². The number of nitrogens with two attached hydrogens (primary N) is 1. The summed E-state index contributed by atoms with van der Waals surface area (Å²) in [4.78, 5) is 0. The summed E-state index contributed by atoms with van der Waals surface area (Å²) in [5, 5.41) is 0. The number of hydrogen-bond donors (Lipinski definition) is 1. The smallest absolute Gasteiger partial charge is 0.0215 e. The summed E-state index contributed by atoms with van der Waals surface area (Å²) in [6.45, 7) is 2.35. The fourth-order valence-corrected chi connectivity index (χ4v) is 4.20. The molecule has 0 aromatic carbocycles. The van der Waals surface area contributed by atoms with Crippen LogP contribution in [0.1, 0.15) is 64.7 Å². The molecule has 0 aliphatic heterocycles. The van der Waals surface area contributed by atoms with Crippen molar-refractivity contribution in [3.05, 3.63) is 0 Å². The first-order chi connectivity index (χ1) is 7.20. The molecular weight excluding hydrogens is 182 g/mol. The van der Waals surface area contributed by atoms with E-state index in [1.54, 1.807) is 0 Å². The molecule has 0 saturated heterocycles. The molecule has 15 heavy (non-hydrogen) atoms. The Balaban J connectivity index is 1.64. The van der Waals surface area contributed by atoms with E-state index in [1.165, 1.54) is 57.8 Å². The molecule has 3 saturated carbocycles. The second-order valence-corrected chi connectivity index (χ2v) is 6.44. The molecule has 3 aliphatic carbocycles. The maximum absolute atomic E-state index is 6.48. The van der Waals surface area contributed by atoms with Crippen LogP contribution in [-0.4, -0.2) is 5.54 Å². The van der Waals surface area contributed by atoms with E-state index in [0.29, 0.717) is 11.0 Å². The zero-order valence-electron chi connectivity index (χ0n) is 10.1. The van der Waals surface area contributed by atoms with Crippen LogP contribution < -0.4 is 5.73 Å². The molecule has 0 spiro atoms. The summed E-state index contributed by atoms with van der Waals surface area (Å²) in [6.07, 6.45) is 12.9. The zero-order valence-corrected chi connectivity index (χ0v) is 10.1. The largest absolute Gasteiger partial charge is 0.325 e. The van der Waals surface area contributed by atoms with Crippen LogP contribution in [-0.2, 0) is 0 Å². The first-order valence-corrected chi connectivity index (χ1v) is 6.99. The van der Waals surface area contributed by atoms with Crippen LogP contribution in [0.3, 0.4) is 0 Å². The molecule has 0 amide bonds.